The molecule has 0 radical (unpaired) electrons. The van der Waals surface area contributed by atoms with Crippen molar-refractivity contribution in [2.24, 2.45) is 0 Å². The van der Waals surface area contributed by atoms with Crippen LogP contribution < -0.4 is 5.32 Å². The Hall–Kier alpha value is -2.09. The van der Waals surface area contributed by atoms with Crippen molar-refractivity contribution >= 4 is 5.91 Å². The van der Waals surface area contributed by atoms with Crippen LogP contribution in [0.2, 0.25) is 0 Å². The number of hydrogen-bond donors (Lipinski definition) is 1. The van der Waals surface area contributed by atoms with Gasteiger partial charge < -0.3 is 5.32 Å². The van der Waals surface area contributed by atoms with Gasteiger partial charge in [-0.05, 0) is 55.4 Å². The van der Waals surface area contributed by atoms with E-state index in [9.17, 15) is 4.79 Å². The molecular formula is C23H29NO. The van der Waals surface area contributed by atoms with E-state index in [4.69, 9.17) is 0 Å². The number of rotatable bonds is 5. The summed E-state index contributed by atoms with van der Waals surface area (Å²) in [6, 6.07) is 16.9. The number of aryl methyl sites for hydroxylation is 2. The van der Waals surface area contributed by atoms with Gasteiger partial charge in [0.1, 0.15) is 0 Å². The van der Waals surface area contributed by atoms with Gasteiger partial charge in [0.05, 0.1) is 11.5 Å². The minimum atomic E-state index is -0.353. The van der Waals surface area contributed by atoms with Crippen LogP contribution in [0.5, 0.6) is 0 Å². The SMILES string of the molecule is CC[C@@H](NC(=O)C1(c2ccccc2)CCCC1)c1ccc(C)c(C)c1. The number of carbonyl (C=O) groups excluding carboxylic acids is 1. The molecule has 1 amide bonds. The smallest absolute Gasteiger partial charge is 0.231 e. The van der Waals surface area contributed by atoms with E-state index in [1.807, 2.05) is 18.2 Å². The lowest BCUT2D eigenvalue weighted by Crippen LogP contribution is -2.44. The maximum absolute atomic E-state index is 13.4. The Balaban J connectivity index is 1.86. The van der Waals surface area contributed by atoms with Gasteiger partial charge in [0.25, 0.3) is 0 Å². The Morgan fingerprint density at radius 1 is 1.04 bits per heavy atom. The predicted octanol–water partition coefficient (Wildman–Crippen LogP) is 5.38. The minimum absolute atomic E-state index is 0.0768. The monoisotopic (exact) mass is 335 g/mol. The molecule has 0 bridgehead atoms. The van der Waals surface area contributed by atoms with E-state index in [0.29, 0.717) is 0 Å². The lowest BCUT2D eigenvalue weighted by Gasteiger charge is -2.31. The van der Waals surface area contributed by atoms with Crippen LogP contribution in [0.4, 0.5) is 0 Å². The zero-order valence-corrected chi connectivity index (χ0v) is 15.6. The quantitative estimate of drug-likeness (QED) is 0.780. The van der Waals surface area contributed by atoms with E-state index in [2.05, 4.69) is 56.4 Å². The molecule has 1 aliphatic carbocycles. The maximum Gasteiger partial charge on any atom is 0.231 e. The van der Waals surface area contributed by atoms with Crippen LogP contribution in [0.25, 0.3) is 0 Å². The predicted molar refractivity (Wildman–Crippen MR) is 104 cm³/mol. The average Bonchev–Trinajstić information content (AvgIpc) is 3.14. The van der Waals surface area contributed by atoms with E-state index in [0.717, 1.165) is 32.1 Å². The highest BCUT2D eigenvalue weighted by atomic mass is 16.2. The summed E-state index contributed by atoms with van der Waals surface area (Å²) < 4.78 is 0. The molecule has 1 N–H and O–H groups in total. The molecule has 132 valence electrons. The summed E-state index contributed by atoms with van der Waals surface area (Å²) in [5.74, 6) is 0.196. The van der Waals surface area contributed by atoms with Crippen molar-refractivity contribution in [2.45, 2.75) is 64.3 Å². The Morgan fingerprint density at radius 2 is 1.72 bits per heavy atom. The summed E-state index contributed by atoms with van der Waals surface area (Å²) in [5.41, 5.74) is 4.60. The molecule has 2 aromatic carbocycles. The summed E-state index contributed by atoms with van der Waals surface area (Å²) >= 11 is 0. The van der Waals surface area contributed by atoms with Gasteiger partial charge in [0, 0.05) is 0 Å². The Kier molecular flexibility index (Phi) is 5.27. The molecular weight excluding hydrogens is 306 g/mol. The van der Waals surface area contributed by atoms with Crippen molar-refractivity contribution in [3.63, 3.8) is 0 Å². The van der Waals surface area contributed by atoms with E-state index >= 15 is 0 Å². The summed E-state index contributed by atoms with van der Waals surface area (Å²) in [5, 5.41) is 3.37. The Morgan fingerprint density at radius 3 is 2.32 bits per heavy atom. The molecule has 2 nitrogen and oxygen atoms in total. The fourth-order valence-corrected chi connectivity index (χ4v) is 4.08. The molecule has 0 unspecified atom stereocenters. The van der Waals surface area contributed by atoms with Gasteiger partial charge in [-0.15, -0.1) is 0 Å². The number of nitrogens with one attached hydrogen (secondary N) is 1. The molecule has 0 aliphatic heterocycles. The van der Waals surface area contributed by atoms with Crippen LogP contribution in [-0.4, -0.2) is 5.91 Å². The number of amides is 1. The molecule has 1 fully saturated rings. The molecule has 2 aromatic rings. The van der Waals surface area contributed by atoms with Gasteiger partial charge in [0.15, 0.2) is 0 Å². The van der Waals surface area contributed by atoms with Crippen molar-refractivity contribution in [3.05, 3.63) is 70.8 Å². The first kappa shape index (κ1) is 17.7. The van der Waals surface area contributed by atoms with Crippen LogP contribution in [0.1, 0.15) is 67.3 Å². The van der Waals surface area contributed by atoms with Crippen molar-refractivity contribution in [1.29, 1.82) is 0 Å². The van der Waals surface area contributed by atoms with E-state index < -0.39 is 0 Å². The van der Waals surface area contributed by atoms with Crippen LogP contribution in [-0.2, 0) is 10.2 Å². The van der Waals surface area contributed by atoms with Gasteiger partial charge in [-0.25, -0.2) is 0 Å². The van der Waals surface area contributed by atoms with Gasteiger partial charge in [-0.2, -0.15) is 0 Å². The topological polar surface area (TPSA) is 29.1 Å². The standard InChI is InChI=1S/C23H29NO/c1-4-21(19-13-12-17(2)18(3)16-19)24-22(25)23(14-8-9-15-23)20-10-6-5-7-11-20/h5-7,10-13,16,21H,4,8-9,14-15H2,1-3H3,(H,24,25)/t21-/m1/s1. The van der Waals surface area contributed by atoms with Crippen molar-refractivity contribution in [1.82, 2.24) is 5.32 Å². The third-order valence-electron chi connectivity index (χ3n) is 5.87. The fourth-order valence-electron chi connectivity index (χ4n) is 4.08. The van der Waals surface area contributed by atoms with Crippen molar-refractivity contribution in [2.75, 3.05) is 0 Å². The molecule has 0 aromatic heterocycles. The highest BCUT2D eigenvalue weighted by Crippen LogP contribution is 2.41. The van der Waals surface area contributed by atoms with E-state index in [1.54, 1.807) is 0 Å². The van der Waals surface area contributed by atoms with Crippen LogP contribution >= 0.6 is 0 Å². The number of benzene rings is 2. The molecule has 1 atom stereocenters. The fraction of sp³-hybridized carbons (Fsp3) is 0.435. The highest BCUT2D eigenvalue weighted by Gasteiger charge is 2.43. The zero-order valence-electron chi connectivity index (χ0n) is 15.6. The second-order valence-electron chi connectivity index (χ2n) is 7.43. The maximum atomic E-state index is 13.4. The first-order chi connectivity index (χ1) is 12.1. The third-order valence-corrected chi connectivity index (χ3v) is 5.87. The minimum Gasteiger partial charge on any atom is -0.349 e. The molecule has 1 saturated carbocycles. The van der Waals surface area contributed by atoms with Crippen LogP contribution in [0, 0.1) is 13.8 Å². The molecule has 0 heterocycles. The highest BCUT2D eigenvalue weighted by molar-refractivity contribution is 5.89. The normalized spacial score (nSPS) is 17.2. The first-order valence-electron chi connectivity index (χ1n) is 9.50. The number of carbonyl (C=O) groups is 1. The van der Waals surface area contributed by atoms with Gasteiger partial charge in [0.2, 0.25) is 5.91 Å². The summed E-state index contributed by atoms with van der Waals surface area (Å²) in [6.07, 6.45) is 5.06. The molecule has 3 rings (SSSR count). The number of hydrogen-bond acceptors (Lipinski definition) is 1. The average molecular weight is 335 g/mol. The second kappa shape index (κ2) is 7.43. The largest absolute Gasteiger partial charge is 0.349 e. The lowest BCUT2D eigenvalue weighted by molar-refractivity contribution is -0.127. The lowest BCUT2D eigenvalue weighted by atomic mass is 9.77. The summed E-state index contributed by atoms with van der Waals surface area (Å²) in [4.78, 5) is 13.4. The third kappa shape index (κ3) is 3.49. The van der Waals surface area contributed by atoms with Gasteiger partial charge in [-0.3, -0.25) is 4.79 Å². The van der Waals surface area contributed by atoms with E-state index in [1.165, 1.54) is 22.3 Å². The molecule has 25 heavy (non-hydrogen) atoms. The van der Waals surface area contributed by atoms with E-state index in [-0.39, 0.29) is 17.4 Å². The first-order valence-corrected chi connectivity index (χ1v) is 9.50. The van der Waals surface area contributed by atoms with Crippen LogP contribution in [0.15, 0.2) is 48.5 Å². The molecule has 0 saturated heterocycles. The van der Waals surface area contributed by atoms with Gasteiger partial charge >= 0.3 is 0 Å². The second-order valence-corrected chi connectivity index (χ2v) is 7.43. The molecule has 2 heteroatoms. The van der Waals surface area contributed by atoms with Crippen molar-refractivity contribution in [3.8, 4) is 0 Å². The summed E-state index contributed by atoms with van der Waals surface area (Å²) in [6.45, 7) is 6.40. The summed E-state index contributed by atoms with van der Waals surface area (Å²) in [7, 11) is 0. The molecule has 0 spiro atoms. The Bertz CT molecular complexity index is 729. The van der Waals surface area contributed by atoms with Crippen molar-refractivity contribution < 1.29 is 4.79 Å². The Labute approximate surface area is 151 Å². The molecule has 1 aliphatic rings. The van der Waals surface area contributed by atoms with Gasteiger partial charge in [-0.1, -0.05) is 68.3 Å². The zero-order chi connectivity index (χ0) is 17.9. The van der Waals surface area contributed by atoms with Crippen LogP contribution in [0.3, 0.4) is 0 Å².